The molecular formula is C10H18N3O14P3. The number of ether oxygens (including phenoxy) is 1. The lowest BCUT2D eigenvalue weighted by atomic mass is 10.1. The van der Waals surface area contributed by atoms with Crippen LogP contribution < -0.4 is 11.4 Å². The number of nitrogen functional groups attached to an aromatic ring is 1. The van der Waals surface area contributed by atoms with Crippen LogP contribution in [0.15, 0.2) is 11.0 Å². The standard InChI is InChI=1S/C10H18N3O14P3/c1-4-2-13(10(16)12-8(4)11)9-6(15)7(5(3-14)24-9)25-29(20,21)27-30(22,23)26-28(17,18)19/h2,5-7,9,14-15H,3H2,1H3,(H,20,21)(H,22,23)(H2,11,12,16)(H2,17,18,19)/t5-,6-,7-,9-/m1/s1. The lowest BCUT2D eigenvalue weighted by Crippen LogP contribution is -2.37. The van der Waals surface area contributed by atoms with Crippen LogP contribution in [0.25, 0.3) is 0 Å². The van der Waals surface area contributed by atoms with E-state index in [1.165, 1.54) is 6.92 Å². The van der Waals surface area contributed by atoms with Gasteiger partial charge < -0.3 is 40.3 Å². The van der Waals surface area contributed by atoms with Gasteiger partial charge in [0.2, 0.25) is 0 Å². The van der Waals surface area contributed by atoms with Gasteiger partial charge in [-0.3, -0.25) is 9.09 Å². The van der Waals surface area contributed by atoms with Crippen molar-refractivity contribution in [3.63, 3.8) is 0 Å². The molecule has 8 N–H and O–H groups in total. The summed E-state index contributed by atoms with van der Waals surface area (Å²) in [6, 6.07) is 0. The van der Waals surface area contributed by atoms with Crippen molar-refractivity contribution in [2.24, 2.45) is 0 Å². The summed E-state index contributed by atoms with van der Waals surface area (Å²) in [5.41, 5.74) is 4.83. The molecule has 0 bridgehead atoms. The second kappa shape index (κ2) is 8.84. The van der Waals surface area contributed by atoms with Crippen LogP contribution in [0.2, 0.25) is 0 Å². The third-order valence-electron chi connectivity index (χ3n) is 3.61. The number of rotatable bonds is 8. The Hall–Kier alpha value is -1.03. The fourth-order valence-corrected chi connectivity index (χ4v) is 5.67. The van der Waals surface area contributed by atoms with Gasteiger partial charge in [0.1, 0.15) is 24.1 Å². The van der Waals surface area contributed by atoms with Crippen LogP contribution in [-0.4, -0.2) is 64.3 Å². The first-order valence-electron chi connectivity index (χ1n) is 7.67. The summed E-state index contributed by atoms with van der Waals surface area (Å²) in [5.74, 6) is -0.104. The van der Waals surface area contributed by atoms with Crippen molar-refractivity contribution in [2.75, 3.05) is 12.3 Å². The molecule has 2 rings (SSSR count). The Labute approximate surface area is 167 Å². The Morgan fingerprint density at radius 3 is 2.33 bits per heavy atom. The van der Waals surface area contributed by atoms with Crippen molar-refractivity contribution in [3.05, 3.63) is 22.2 Å². The molecule has 30 heavy (non-hydrogen) atoms. The molecule has 0 spiro atoms. The number of aromatic nitrogens is 2. The Morgan fingerprint density at radius 1 is 1.20 bits per heavy atom. The molecule has 0 aromatic carbocycles. The Balaban J connectivity index is 2.26. The van der Waals surface area contributed by atoms with Gasteiger partial charge in [0.15, 0.2) is 6.23 Å². The summed E-state index contributed by atoms with van der Waals surface area (Å²) >= 11 is 0. The molecule has 0 saturated carbocycles. The lowest BCUT2D eigenvalue weighted by molar-refractivity contribution is -0.0548. The zero-order valence-electron chi connectivity index (χ0n) is 14.9. The third-order valence-corrected chi connectivity index (χ3v) is 7.45. The fraction of sp³-hybridized carbons (Fsp3) is 0.600. The van der Waals surface area contributed by atoms with Crippen molar-refractivity contribution in [1.82, 2.24) is 9.55 Å². The monoisotopic (exact) mass is 497 g/mol. The second-order valence-electron chi connectivity index (χ2n) is 5.90. The van der Waals surface area contributed by atoms with Gasteiger partial charge in [-0.25, -0.2) is 18.5 Å². The summed E-state index contributed by atoms with van der Waals surface area (Å²) < 4.78 is 51.7. The van der Waals surface area contributed by atoms with Gasteiger partial charge in [-0.15, -0.1) is 0 Å². The first kappa shape index (κ1) is 25.2. The van der Waals surface area contributed by atoms with Gasteiger partial charge in [-0.1, -0.05) is 0 Å². The summed E-state index contributed by atoms with van der Waals surface area (Å²) in [6.07, 6.45) is -5.80. The molecule has 172 valence electrons. The molecule has 0 amide bonds. The molecule has 1 aromatic rings. The minimum absolute atomic E-state index is 0.104. The van der Waals surface area contributed by atoms with E-state index >= 15 is 0 Å². The highest BCUT2D eigenvalue weighted by Crippen LogP contribution is 2.67. The maximum Gasteiger partial charge on any atom is 0.490 e. The van der Waals surface area contributed by atoms with Gasteiger partial charge in [-0.2, -0.15) is 13.6 Å². The summed E-state index contributed by atoms with van der Waals surface area (Å²) in [5, 5.41) is 19.8. The molecular weight excluding hydrogens is 479 g/mol. The van der Waals surface area contributed by atoms with E-state index in [4.69, 9.17) is 25.2 Å². The van der Waals surface area contributed by atoms with Crippen molar-refractivity contribution in [1.29, 1.82) is 0 Å². The molecule has 20 heteroatoms. The maximum atomic E-state index is 12.0. The zero-order valence-corrected chi connectivity index (χ0v) is 17.5. The van der Waals surface area contributed by atoms with E-state index in [9.17, 15) is 33.6 Å². The van der Waals surface area contributed by atoms with Gasteiger partial charge >= 0.3 is 29.2 Å². The number of phosphoric acid groups is 3. The number of aliphatic hydroxyl groups is 2. The zero-order chi connectivity index (χ0) is 23.1. The van der Waals surface area contributed by atoms with Crippen molar-refractivity contribution in [3.8, 4) is 0 Å². The smallest absolute Gasteiger partial charge is 0.394 e. The number of hydrogen-bond acceptors (Lipinski definition) is 12. The van der Waals surface area contributed by atoms with E-state index in [1.807, 2.05) is 0 Å². The van der Waals surface area contributed by atoms with E-state index in [0.29, 0.717) is 5.56 Å². The van der Waals surface area contributed by atoms with Crippen molar-refractivity contribution < 1.29 is 61.4 Å². The molecule has 2 unspecified atom stereocenters. The Morgan fingerprint density at radius 2 is 1.80 bits per heavy atom. The highest BCUT2D eigenvalue weighted by molar-refractivity contribution is 7.66. The van der Waals surface area contributed by atoms with Gasteiger partial charge in [0.25, 0.3) is 0 Å². The highest BCUT2D eigenvalue weighted by Gasteiger charge is 2.51. The maximum absolute atomic E-state index is 12.0. The molecule has 2 heterocycles. The average Bonchev–Trinajstić information content (AvgIpc) is 2.83. The first-order chi connectivity index (χ1) is 13.6. The van der Waals surface area contributed by atoms with Crippen molar-refractivity contribution in [2.45, 2.75) is 31.5 Å². The molecule has 1 fully saturated rings. The van der Waals surface area contributed by atoms with Gasteiger partial charge in [0, 0.05) is 11.8 Å². The lowest BCUT2D eigenvalue weighted by Gasteiger charge is -2.23. The molecule has 0 aliphatic carbocycles. The van der Waals surface area contributed by atoms with E-state index in [1.54, 1.807) is 0 Å². The average molecular weight is 497 g/mol. The Kier molecular flexibility index (Phi) is 7.44. The number of nitrogens with zero attached hydrogens (tertiary/aromatic N) is 2. The van der Waals surface area contributed by atoms with Crippen LogP contribution in [-0.2, 0) is 31.6 Å². The molecule has 0 radical (unpaired) electrons. The van der Waals surface area contributed by atoms with Gasteiger partial charge in [0.05, 0.1) is 6.61 Å². The number of nitrogens with two attached hydrogens (primary N) is 1. The van der Waals surface area contributed by atoms with Crippen LogP contribution >= 0.6 is 23.5 Å². The third kappa shape index (κ3) is 6.24. The number of aryl methyl sites for hydroxylation is 1. The van der Waals surface area contributed by atoms with Gasteiger partial charge in [-0.05, 0) is 6.92 Å². The quantitative estimate of drug-likeness (QED) is 0.193. The van der Waals surface area contributed by atoms with E-state index in [-0.39, 0.29) is 5.82 Å². The molecule has 1 aliphatic heterocycles. The summed E-state index contributed by atoms with van der Waals surface area (Å²) in [4.78, 5) is 51.3. The summed E-state index contributed by atoms with van der Waals surface area (Å²) in [6.45, 7) is 0.566. The molecule has 1 saturated heterocycles. The molecule has 17 nitrogen and oxygen atoms in total. The van der Waals surface area contributed by atoms with Crippen LogP contribution in [0.5, 0.6) is 0 Å². The SMILES string of the molecule is Cc1cn([C@@H]2O[C@H](CO)[C@@H](OP(=O)(O)OP(=O)(O)OP(=O)(O)O)[C@H]2O)c(=O)nc1N. The normalized spacial score (nSPS) is 28.8. The van der Waals surface area contributed by atoms with Crippen LogP contribution in [0.1, 0.15) is 11.8 Å². The predicted molar refractivity (Wildman–Crippen MR) is 93.4 cm³/mol. The van der Waals surface area contributed by atoms with E-state index in [2.05, 4.69) is 18.1 Å². The minimum atomic E-state index is -5.80. The number of phosphoric ester groups is 1. The van der Waals surface area contributed by atoms with Crippen LogP contribution in [0.3, 0.4) is 0 Å². The highest BCUT2D eigenvalue weighted by atomic mass is 31.3. The Bertz CT molecular complexity index is 992. The van der Waals surface area contributed by atoms with E-state index < -0.39 is 60.3 Å². The topological polar surface area (TPSA) is 270 Å². The van der Waals surface area contributed by atoms with E-state index in [0.717, 1.165) is 10.8 Å². The second-order valence-corrected chi connectivity index (χ2v) is 10.3. The fourth-order valence-electron chi connectivity index (χ4n) is 2.44. The van der Waals surface area contributed by atoms with Crippen molar-refractivity contribution >= 4 is 29.3 Å². The number of hydrogen-bond donors (Lipinski definition) is 7. The predicted octanol–water partition coefficient (Wildman–Crippen LogP) is -1.90. The number of aliphatic hydroxyl groups excluding tert-OH is 2. The molecule has 6 atom stereocenters. The minimum Gasteiger partial charge on any atom is -0.394 e. The van der Waals surface area contributed by atoms with Crippen LogP contribution in [0, 0.1) is 6.92 Å². The van der Waals surface area contributed by atoms with Crippen LogP contribution in [0.4, 0.5) is 5.82 Å². The molecule has 1 aromatic heterocycles. The molecule has 1 aliphatic rings. The largest absolute Gasteiger partial charge is 0.490 e. The summed E-state index contributed by atoms with van der Waals surface area (Å²) in [7, 11) is -17.0. The first-order valence-corrected chi connectivity index (χ1v) is 12.2. The number of anilines is 1.